The maximum Gasteiger partial charge on any atom is 0.303 e. The summed E-state index contributed by atoms with van der Waals surface area (Å²) in [6, 6.07) is 0.635. The van der Waals surface area contributed by atoms with E-state index in [4.69, 9.17) is 21.8 Å². The Balaban J connectivity index is 3.09. The van der Waals surface area contributed by atoms with Crippen molar-refractivity contribution in [3.8, 4) is 5.75 Å². The first-order valence-electron chi connectivity index (χ1n) is 4.00. The number of aliphatic carboxylic acids is 1. The Hall–Kier alpha value is -1.36. The van der Waals surface area contributed by atoms with Crippen molar-refractivity contribution in [1.82, 2.24) is 0 Å². The molecule has 0 aliphatic carbocycles. The molecule has 0 bridgehead atoms. The van der Waals surface area contributed by atoms with E-state index < -0.39 is 40.4 Å². The van der Waals surface area contributed by atoms with Gasteiger partial charge in [-0.25, -0.2) is 8.78 Å². The van der Waals surface area contributed by atoms with Crippen LogP contribution in [0.15, 0.2) is 6.07 Å². The maximum atomic E-state index is 13.2. The Morgan fingerprint density at radius 2 is 2.07 bits per heavy atom. The predicted octanol–water partition coefficient (Wildman–Crippen LogP) is 2.34. The number of rotatable bonds is 3. The summed E-state index contributed by atoms with van der Waals surface area (Å²) in [4.78, 5) is 10.2. The summed E-state index contributed by atoms with van der Waals surface area (Å²) in [7, 11) is 0. The van der Waals surface area contributed by atoms with Gasteiger partial charge in [-0.15, -0.1) is 0 Å². The first kappa shape index (κ1) is 11.7. The molecule has 1 rings (SSSR count). The summed E-state index contributed by atoms with van der Waals surface area (Å²) in [5.41, 5.74) is -0.414. The van der Waals surface area contributed by atoms with Gasteiger partial charge in [0.15, 0.2) is 11.6 Å². The van der Waals surface area contributed by atoms with Crippen LogP contribution in [-0.4, -0.2) is 16.2 Å². The fourth-order valence-electron chi connectivity index (χ4n) is 1.10. The van der Waals surface area contributed by atoms with Crippen LogP contribution in [0.1, 0.15) is 12.0 Å². The standard InChI is InChI=1S/C9H7ClF2O3/c10-5-3-6(11)9(15)4(8(5)12)1-2-7(13)14/h3,15H,1-2H2,(H,13,14). The van der Waals surface area contributed by atoms with Crippen LogP contribution in [0.4, 0.5) is 8.78 Å². The van der Waals surface area contributed by atoms with Crippen molar-refractivity contribution in [2.75, 3.05) is 0 Å². The number of hydrogen-bond acceptors (Lipinski definition) is 2. The number of benzene rings is 1. The lowest BCUT2D eigenvalue weighted by atomic mass is 10.1. The van der Waals surface area contributed by atoms with E-state index in [9.17, 15) is 13.6 Å². The molecule has 0 aliphatic rings. The molecule has 0 heterocycles. The molecule has 82 valence electrons. The van der Waals surface area contributed by atoms with Gasteiger partial charge < -0.3 is 10.2 Å². The van der Waals surface area contributed by atoms with E-state index in [-0.39, 0.29) is 6.42 Å². The van der Waals surface area contributed by atoms with Crippen LogP contribution in [-0.2, 0) is 11.2 Å². The summed E-state index contributed by atoms with van der Waals surface area (Å²) < 4.78 is 26.1. The second kappa shape index (κ2) is 4.44. The van der Waals surface area contributed by atoms with Gasteiger partial charge >= 0.3 is 5.97 Å². The van der Waals surface area contributed by atoms with Crippen molar-refractivity contribution in [2.45, 2.75) is 12.8 Å². The van der Waals surface area contributed by atoms with Crippen LogP contribution in [0, 0.1) is 11.6 Å². The Kier molecular flexibility index (Phi) is 3.47. The van der Waals surface area contributed by atoms with E-state index in [1.165, 1.54) is 0 Å². The Morgan fingerprint density at radius 1 is 1.47 bits per heavy atom. The van der Waals surface area contributed by atoms with Gasteiger partial charge in [0.1, 0.15) is 5.82 Å². The highest BCUT2D eigenvalue weighted by atomic mass is 35.5. The summed E-state index contributed by atoms with van der Waals surface area (Å²) >= 11 is 5.33. The molecule has 15 heavy (non-hydrogen) atoms. The summed E-state index contributed by atoms with van der Waals surface area (Å²) in [5.74, 6) is -4.12. The maximum absolute atomic E-state index is 13.2. The fraction of sp³-hybridized carbons (Fsp3) is 0.222. The number of phenolic OH excluding ortho intramolecular Hbond substituents is 1. The second-order valence-electron chi connectivity index (χ2n) is 2.88. The number of carbonyl (C=O) groups is 1. The monoisotopic (exact) mass is 236 g/mol. The van der Waals surface area contributed by atoms with Gasteiger partial charge in [0.25, 0.3) is 0 Å². The molecule has 1 aromatic rings. The van der Waals surface area contributed by atoms with E-state index in [1.54, 1.807) is 0 Å². The van der Waals surface area contributed by atoms with Gasteiger partial charge in [-0.2, -0.15) is 0 Å². The molecule has 0 spiro atoms. The molecule has 0 unspecified atom stereocenters. The van der Waals surface area contributed by atoms with E-state index in [0.717, 1.165) is 0 Å². The van der Waals surface area contributed by atoms with Crippen molar-refractivity contribution in [1.29, 1.82) is 0 Å². The molecule has 0 saturated heterocycles. The first-order chi connectivity index (χ1) is 6.93. The third kappa shape index (κ3) is 2.56. The third-order valence-corrected chi connectivity index (χ3v) is 2.10. The SMILES string of the molecule is O=C(O)CCc1c(O)c(F)cc(Cl)c1F. The van der Waals surface area contributed by atoms with Crippen molar-refractivity contribution < 1.29 is 23.8 Å². The predicted molar refractivity (Wildman–Crippen MR) is 49.0 cm³/mol. The molecule has 3 nitrogen and oxygen atoms in total. The number of halogens is 3. The Morgan fingerprint density at radius 3 is 2.60 bits per heavy atom. The fourth-order valence-corrected chi connectivity index (χ4v) is 1.31. The lowest BCUT2D eigenvalue weighted by molar-refractivity contribution is -0.136. The summed E-state index contributed by atoms with van der Waals surface area (Å²) in [6.07, 6.45) is -0.727. The molecular formula is C9H7ClF2O3. The molecule has 0 aliphatic heterocycles. The zero-order chi connectivity index (χ0) is 11.6. The van der Waals surface area contributed by atoms with Crippen molar-refractivity contribution in [3.63, 3.8) is 0 Å². The Labute approximate surface area is 88.9 Å². The quantitative estimate of drug-likeness (QED) is 0.792. The average molecular weight is 237 g/mol. The number of aromatic hydroxyl groups is 1. The number of hydrogen-bond donors (Lipinski definition) is 2. The van der Waals surface area contributed by atoms with Gasteiger partial charge in [0.2, 0.25) is 0 Å². The van der Waals surface area contributed by atoms with Gasteiger partial charge in [0, 0.05) is 12.0 Å². The zero-order valence-electron chi connectivity index (χ0n) is 7.43. The molecule has 0 aromatic heterocycles. The van der Waals surface area contributed by atoms with Crippen molar-refractivity contribution in [3.05, 3.63) is 28.3 Å². The van der Waals surface area contributed by atoms with E-state index in [1.807, 2.05) is 0 Å². The first-order valence-corrected chi connectivity index (χ1v) is 4.38. The van der Waals surface area contributed by atoms with E-state index in [2.05, 4.69) is 0 Å². The topological polar surface area (TPSA) is 57.5 Å². The third-order valence-electron chi connectivity index (χ3n) is 1.83. The lowest BCUT2D eigenvalue weighted by Gasteiger charge is -2.06. The highest BCUT2D eigenvalue weighted by Crippen LogP contribution is 2.30. The minimum Gasteiger partial charge on any atom is -0.505 e. The average Bonchev–Trinajstić information content (AvgIpc) is 2.14. The summed E-state index contributed by atoms with van der Waals surface area (Å²) in [6.45, 7) is 0. The molecule has 6 heteroatoms. The normalized spacial score (nSPS) is 10.3. The van der Waals surface area contributed by atoms with E-state index in [0.29, 0.717) is 6.07 Å². The van der Waals surface area contributed by atoms with Gasteiger partial charge in [0.05, 0.1) is 5.02 Å². The van der Waals surface area contributed by atoms with Crippen LogP contribution < -0.4 is 0 Å². The minimum atomic E-state index is -1.17. The zero-order valence-corrected chi connectivity index (χ0v) is 8.18. The number of phenols is 1. The smallest absolute Gasteiger partial charge is 0.303 e. The Bertz CT molecular complexity index is 381. The summed E-state index contributed by atoms with van der Waals surface area (Å²) in [5, 5.41) is 17.0. The molecule has 2 N–H and O–H groups in total. The molecule has 0 saturated carbocycles. The second-order valence-corrected chi connectivity index (χ2v) is 3.28. The van der Waals surface area contributed by atoms with Crippen molar-refractivity contribution >= 4 is 17.6 Å². The molecule has 0 atom stereocenters. The van der Waals surface area contributed by atoms with Crippen LogP contribution in [0.5, 0.6) is 5.75 Å². The highest BCUT2D eigenvalue weighted by Gasteiger charge is 2.17. The highest BCUT2D eigenvalue weighted by molar-refractivity contribution is 6.30. The van der Waals surface area contributed by atoms with Crippen LogP contribution in [0.3, 0.4) is 0 Å². The molecule has 1 aromatic carbocycles. The number of carboxylic acid groups (broad SMARTS) is 1. The van der Waals surface area contributed by atoms with Gasteiger partial charge in [-0.1, -0.05) is 11.6 Å². The number of carboxylic acids is 1. The lowest BCUT2D eigenvalue weighted by Crippen LogP contribution is -2.01. The van der Waals surface area contributed by atoms with E-state index >= 15 is 0 Å². The molecule has 0 amide bonds. The largest absolute Gasteiger partial charge is 0.505 e. The molecular weight excluding hydrogens is 230 g/mol. The van der Waals surface area contributed by atoms with Gasteiger partial charge in [-0.05, 0) is 12.5 Å². The minimum absolute atomic E-state index is 0.315. The molecule has 0 radical (unpaired) electrons. The van der Waals surface area contributed by atoms with Crippen LogP contribution >= 0.6 is 11.6 Å². The molecule has 0 fully saturated rings. The van der Waals surface area contributed by atoms with Crippen molar-refractivity contribution in [2.24, 2.45) is 0 Å². The van der Waals surface area contributed by atoms with Crippen LogP contribution in [0.2, 0.25) is 5.02 Å². The van der Waals surface area contributed by atoms with Crippen LogP contribution in [0.25, 0.3) is 0 Å². The van der Waals surface area contributed by atoms with Gasteiger partial charge in [-0.3, -0.25) is 4.79 Å².